The highest BCUT2D eigenvalue weighted by atomic mass is 19.4. The van der Waals surface area contributed by atoms with Crippen molar-refractivity contribution in [2.45, 2.75) is 25.2 Å². The molecule has 7 nitrogen and oxygen atoms in total. The maximum Gasteiger partial charge on any atom is 0.573 e. The Morgan fingerprint density at radius 1 is 1.19 bits per heavy atom. The van der Waals surface area contributed by atoms with Gasteiger partial charge in [-0.2, -0.15) is 5.10 Å². The first-order valence-corrected chi connectivity index (χ1v) is 8.51. The first kappa shape index (κ1) is 17.5. The van der Waals surface area contributed by atoms with E-state index in [1.807, 2.05) is 4.68 Å². The Bertz CT molecular complexity index is 936. The molecule has 27 heavy (non-hydrogen) atoms. The molecule has 0 unspecified atom stereocenters. The van der Waals surface area contributed by atoms with E-state index in [0.29, 0.717) is 22.5 Å². The third kappa shape index (κ3) is 3.95. The fourth-order valence-electron chi connectivity index (χ4n) is 3.19. The number of ether oxygens (including phenoxy) is 1. The van der Waals surface area contributed by atoms with E-state index >= 15 is 0 Å². The molecule has 1 aliphatic heterocycles. The number of aromatic nitrogens is 4. The summed E-state index contributed by atoms with van der Waals surface area (Å²) in [7, 11) is 0. The molecule has 3 aromatic rings. The van der Waals surface area contributed by atoms with E-state index in [-0.39, 0.29) is 11.8 Å². The van der Waals surface area contributed by atoms with Crippen LogP contribution < -0.4 is 15.4 Å². The van der Waals surface area contributed by atoms with Crippen molar-refractivity contribution in [2.75, 3.05) is 18.4 Å². The molecule has 1 saturated heterocycles. The van der Waals surface area contributed by atoms with Gasteiger partial charge in [-0.25, -0.2) is 14.6 Å². The van der Waals surface area contributed by atoms with Crippen molar-refractivity contribution in [1.29, 1.82) is 0 Å². The highest BCUT2D eigenvalue weighted by molar-refractivity contribution is 5.88. The van der Waals surface area contributed by atoms with Gasteiger partial charge in [-0.15, -0.1) is 13.2 Å². The molecule has 10 heteroatoms. The fourth-order valence-corrected chi connectivity index (χ4v) is 3.19. The molecule has 2 aromatic heterocycles. The molecule has 1 aromatic carbocycles. The van der Waals surface area contributed by atoms with Gasteiger partial charge in [-0.1, -0.05) is 6.07 Å². The van der Waals surface area contributed by atoms with Gasteiger partial charge < -0.3 is 15.4 Å². The van der Waals surface area contributed by atoms with Crippen LogP contribution in [0.25, 0.3) is 11.0 Å². The SMILES string of the molecule is FC(F)(F)Oc1cccc(Nc2ncnc3c2cnn3C2CCNCC2)c1. The number of anilines is 2. The van der Waals surface area contributed by atoms with Crippen LogP contribution in [0, 0.1) is 0 Å². The summed E-state index contributed by atoms with van der Waals surface area (Å²) < 4.78 is 43.1. The van der Waals surface area contributed by atoms with E-state index in [4.69, 9.17) is 0 Å². The fraction of sp³-hybridized carbons (Fsp3) is 0.353. The van der Waals surface area contributed by atoms with Gasteiger partial charge >= 0.3 is 6.36 Å². The van der Waals surface area contributed by atoms with Crippen LogP contribution in [0.2, 0.25) is 0 Å². The summed E-state index contributed by atoms with van der Waals surface area (Å²) in [6.07, 6.45) is 0.271. The second kappa shape index (κ2) is 7.03. The maximum absolute atomic E-state index is 12.4. The molecule has 2 N–H and O–H groups in total. The molecule has 0 spiro atoms. The zero-order valence-electron chi connectivity index (χ0n) is 14.2. The van der Waals surface area contributed by atoms with Gasteiger partial charge in [0.05, 0.1) is 17.6 Å². The van der Waals surface area contributed by atoms with Crippen molar-refractivity contribution in [2.24, 2.45) is 0 Å². The molecule has 1 aliphatic rings. The Morgan fingerprint density at radius 3 is 2.78 bits per heavy atom. The lowest BCUT2D eigenvalue weighted by Crippen LogP contribution is -2.29. The van der Waals surface area contributed by atoms with Gasteiger partial charge in [0.15, 0.2) is 5.65 Å². The minimum atomic E-state index is -4.74. The van der Waals surface area contributed by atoms with Gasteiger partial charge in [-0.3, -0.25) is 0 Å². The van der Waals surface area contributed by atoms with Crippen molar-refractivity contribution in [1.82, 2.24) is 25.1 Å². The molecule has 0 radical (unpaired) electrons. The van der Waals surface area contributed by atoms with Crippen LogP contribution >= 0.6 is 0 Å². The predicted molar refractivity (Wildman–Crippen MR) is 92.9 cm³/mol. The van der Waals surface area contributed by atoms with Crippen LogP contribution in [0.4, 0.5) is 24.7 Å². The van der Waals surface area contributed by atoms with Gasteiger partial charge in [0.1, 0.15) is 17.9 Å². The second-order valence-corrected chi connectivity index (χ2v) is 6.23. The first-order valence-electron chi connectivity index (χ1n) is 8.51. The number of alkyl halides is 3. The Kier molecular flexibility index (Phi) is 4.56. The molecular formula is C17H17F3N6O. The van der Waals surface area contributed by atoms with Gasteiger partial charge in [0, 0.05) is 11.8 Å². The lowest BCUT2D eigenvalue weighted by Gasteiger charge is -2.23. The number of nitrogens with one attached hydrogen (secondary N) is 2. The summed E-state index contributed by atoms with van der Waals surface area (Å²) >= 11 is 0. The molecule has 0 saturated carbocycles. The lowest BCUT2D eigenvalue weighted by molar-refractivity contribution is -0.274. The highest BCUT2D eigenvalue weighted by Crippen LogP contribution is 2.29. The summed E-state index contributed by atoms with van der Waals surface area (Å²) in [5.41, 5.74) is 1.12. The normalized spacial score (nSPS) is 15.8. The molecule has 0 amide bonds. The van der Waals surface area contributed by atoms with Crippen molar-refractivity contribution >= 4 is 22.5 Å². The summed E-state index contributed by atoms with van der Waals surface area (Å²) in [6, 6.07) is 5.87. The first-order chi connectivity index (χ1) is 13.0. The van der Waals surface area contributed by atoms with E-state index in [9.17, 15) is 13.2 Å². The second-order valence-electron chi connectivity index (χ2n) is 6.23. The van der Waals surface area contributed by atoms with Gasteiger partial charge in [-0.05, 0) is 38.1 Å². The van der Waals surface area contributed by atoms with Crippen molar-refractivity contribution in [3.05, 3.63) is 36.8 Å². The van der Waals surface area contributed by atoms with E-state index in [1.165, 1.54) is 24.5 Å². The highest BCUT2D eigenvalue weighted by Gasteiger charge is 2.31. The molecule has 0 atom stereocenters. The van der Waals surface area contributed by atoms with Crippen molar-refractivity contribution in [3.8, 4) is 5.75 Å². The lowest BCUT2D eigenvalue weighted by atomic mass is 10.1. The van der Waals surface area contributed by atoms with Crippen LogP contribution in [0.5, 0.6) is 5.75 Å². The van der Waals surface area contributed by atoms with E-state index in [0.717, 1.165) is 25.9 Å². The van der Waals surface area contributed by atoms with E-state index in [1.54, 1.807) is 12.3 Å². The quantitative estimate of drug-likeness (QED) is 0.725. The van der Waals surface area contributed by atoms with E-state index in [2.05, 4.69) is 30.4 Å². The number of piperidine rings is 1. The van der Waals surface area contributed by atoms with Gasteiger partial charge in [0.25, 0.3) is 0 Å². The number of nitrogens with zero attached hydrogens (tertiary/aromatic N) is 4. The molecule has 142 valence electrons. The van der Waals surface area contributed by atoms with Crippen LogP contribution in [0.15, 0.2) is 36.8 Å². The Labute approximate surface area is 152 Å². The summed E-state index contributed by atoms with van der Waals surface area (Å²) in [5.74, 6) is 0.174. The number of halogens is 3. The summed E-state index contributed by atoms with van der Waals surface area (Å²) in [6.45, 7) is 1.85. The summed E-state index contributed by atoms with van der Waals surface area (Å²) in [4.78, 5) is 8.55. The third-order valence-corrected chi connectivity index (χ3v) is 4.38. The van der Waals surface area contributed by atoms with Crippen LogP contribution in [0.1, 0.15) is 18.9 Å². The monoisotopic (exact) mass is 378 g/mol. The third-order valence-electron chi connectivity index (χ3n) is 4.38. The summed E-state index contributed by atoms with van der Waals surface area (Å²) in [5, 5.41) is 11.5. The number of hydrogen-bond donors (Lipinski definition) is 2. The zero-order chi connectivity index (χ0) is 18.9. The molecule has 0 aliphatic carbocycles. The maximum atomic E-state index is 12.4. The number of rotatable bonds is 4. The zero-order valence-corrected chi connectivity index (χ0v) is 14.2. The Morgan fingerprint density at radius 2 is 2.00 bits per heavy atom. The van der Waals surface area contributed by atoms with Crippen LogP contribution in [0.3, 0.4) is 0 Å². The Balaban J connectivity index is 1.61. The molecular weight excluding hydrogens is 361 g/mol. The number of fused-ring (bicyclic) bond motifs is 1. The van der Waals surface area contributed by atoms with Crippen molar-refractivity contribution in [3.63, 3.8) is 0 Å². The Hall–Kier alpha value is -2.88. The van der Waals surface area contributed by atoms with Crippen LogP contribution in [-0.2, 0) is 0 Å². The predicted octanol–water partition coefficient (Wildman–Crippen LogP) is 3.39. The molecule has 0 bridgehead atoms. The topological polar surface area (TPSA) is 76.9 Å². The van der Waals surface area contributed by atoms with Crippen molar-refractivity contribution < 1.29 is 17.9 Å². The van der Waals surface area contributed by atoms with E-state index < -0.39 is 6.36 Å². The number of hydrogen-bond acceptors (Lipinski definition) is 6. The number of benzene rings is 1. The molecule has 4 rings (SSSR count). The van der Waals surface area contributed by atoms with Crippen LogP contribution in [-0.4, -0.2) is 39.2 Å². The smallest absolute Gasteiger partial charge is 0.406 e. The average Bonchev–Trinajstić information content (AvgIpc) is 3.06. The molecule has 1 fully saturated rings. The largest absolute Gasteiger partial charge is 0.573 e. The van der Waals surface area contributed by atoms with Gasteiger partial charge in [0.2, 0.25) is 0 Å². The molecule has 3 heterocycles. The average molecular weight is 378 g/mol. The standard InChI is InChI=1S/C17H17F3N6O/c18-17(19,20)27-13-3-1-2-11(8-13)25-15-14-9-24-26(16(14)23-10-22-15)12-4-6-21-7-5-12/h1-3,8-10,12,21H,4-7H2,(H,22,23,25). The minimum absolute atomic E-state index is 0.259. The minimum Gasteiger partial charge on any atom is -0.406 e.